The molecule has 0 aromatic rings. The molecular weight excluding hydrogens is 362 g/mol. The molecule has 1 aliphatic heterocycles. The van der Waals surface area contributed by atoms with Crippen LogP contribution in [0.3, 0.4) is 0 Å². The predicted molar refractivity (Wildman–Crippen MR) is 90.8 cm³/mol. The van der Waals surface area contributed by atoms with Gasteiger partial charge in [-0.05, 0) is 41.5 Å². The molecule has 1 aliphatic rings. The molecule has 0 spiro atoms. The summed E-state index contributed by atoms with van der Waals surface area (Å²) in [6.07, 6.45) is 5.46. The van der Waals surface area contributed by atoms with Crippen LogP contribution in [0.25, 0.3) is 5.32 Å². The van der Waals surface area contributed by atoms with E-state index < -0.39 is 0 Å². The van der Waals surface area contributed by atoms with Crippen LogP contribution in [0.1, 0.15) is 60.8 Å². The molecule has 1 fully saturated rings. The van der Waals surface area contributed by atoms with Crippen molar-refractivity contribution in [3.8, 4) is 0 Å². The average Bonchev–Trinajstić information content (AvgIpc) is 2.27. The molecule has 0 aromatic heterocycles. The van der Waals surface area contributed by atoms with E-state index in [0.717, 1.165) is 6.54 Å². The third-order valence-corrected chi connectivity index (χ3v) is 8.08. The first-order valence-electron chi connectivity index (χ1n) is 6.88. The third-order valence-electron chi connectivity index (χ3n) is 3.58. The molecule has 1 rings (SSSR count). The summed E-state index contributed by atoms with van der Waals surface area (Å²) in [7, 11) is 4.20. The van der Waals surface area contributed by atoms with Gasteiger partial charge in [0.05, 0.1) is 10.3 Å². The second-order valence-corrected chi connectivity index (χ2v) is 11.6. The Morgan fingerprint density at radius 1 is 1.05 bits per heavy atom. The van der Waals surface area contributed by atoms with E-state index in [9.17, 15) is 0 Å². The summed E-state index contributed by atoms with van der Waals surface area (Å²) in [6.45, 7) is 15.7. The van der Waals surface area contributed by atoms with Gasteiger partial charge < -0.3 is 12.7 Å². The van der Waals surface area contributed by atoms with Crippen LogP contribution in [-0.2, 0) is 17.3 Å². The maximum absolute atomic E-state index is 4.82. The molecule has 0 saturated carbocycles. The monoisotopic (exact) mass is 395 g/mol. The van der Waals surface area contributed by atoms with E-state index in [4.69, 9.17) is 5.32 Å². The fourth-order valence-electron chi connectivity index (χ4n) is 3.00. The average molecular weight is 395 g/mol. The maximum atomic E-state index is 4.82. The van der Waals surface area contributed by atoms with Gasteiger partial charge in [0.1, 0.15) is 0 Å². The number of halogens is 1. The first kappa shape index (κ1) is 22.6. The van der Waals surface area contributed by atoms with E-state index in [2.05, 4.69) is 51.2 Å². The van der Waals surface area contributed by atoms with Crippen molar-refractivity contribution in [1.82, 2.24) is 0 Å². The predicted octanol–water partition coefficient (Wildman–Crippen LogP) is 5.86. The number of rotatable bonds is 2. The van der Waals surface area contributed by atoms with E-state index in [1.165, 1.54) is 25.4 Å². The Morgan fingerprint density at radius 2 is 1.53 bits per heavy atom. The summed E-state index contributed by atoms with van der Waals surface area (Å²) in [5.41, 5.74) is 0. The number of hydrogen-bond acceptors (Lipinski definition) is 0. The van der Waals surface area contributed by atoms with Gasteiger partial charge in [0.15, 0.2) is 0 Å². The fraction of sp³-hybridized carbons (Fsp3) is 0.933. The second-order valence-electron chi connectivity index (χ2n) is 7.24. The molecule has 0 amide bonds. The first-order valence-corrected chi connectivity index (χ1v) is 10.8. The Bertz CT molecular complexity index is 203. The minimum absolute atomic E-state index is 0. The molecule has 1 saturated heterocycles. The SMILES string of the molecule is CC(C)(C)[PH+](CC1CCCC[N-]1)C(C)(C)C.[CH3-].[Cl][Ru+2]. The number of nitrogens with zero attached hydrogens (tertiary/aromatic N) is 1. The zero-order chi connectivity index (χ0) is 14.4. The van der Waals surface area contributed by atoms with E-state index in [1.807, 2.05) is 17.3 Å². The molecule has 19 heavy (non-hydrogen) atoms. The van der Waals surface area contributed by atoms with Crippen LogP contribution < -0.4 is 0 Å². The molecular formula is C15H33ClNPRu+. The van der Waals surface area contributed by atoms with Gasteiger partial charge >= 0.3 is 27.0 Å². The van der Waals surface area contributed by atoms with Crippen LogP contribution in [0.4, 0.5) is 0 Å². The van der Waals surface area contributed by atoms with Crippen LogP contribution in [0, 0.1) is 7.43 Å². The summed E-state index contributed by atoms with van der Waals surface area (Å²) in [4.78, 5) is 0. The summed E-state index contributed by atoms with van der Waals surface area (Å²) < 4.78 is 0. The van der Waals surface area contributed by atoms with Gasteiger partial charge in [-0.25, -0.2) is 0 Å². The van der Waals surface area contributed by atoms with Gasteiger partial charge in [0.2, 0.25) is 0 Å². The quantitative estimate of drug-likeness (QED) is 0.316. The Labute approximate surface area is 137 Å². The number of hydrogen-bond donors (Lipinski definition) is 0. The summed E-state index contributed by atoms with van der Waals surface area (Å²) in [6, 6.07) is 0.682. The van der Waals surface area contributed by atoms with Gasteiger partial charge in [0.25, 0.3) is 0 Å². The van der Waals surface area contributed by atoms with Crippen molar-refractivity contribution < 1.29 is 17.3 Å². The molecule has 1 unspecified atom stereocenters. The normalized spacial score (nSPS) is 20.3. The van der Waals surface area contributed by atoms with Gasteiger partial charge in [-0.1, -0.05) is 19.3 Å². The molecule has 0 aromatic carbocycles. The van der Waals surface area contributed by atoms with Crippen molar-refractivity contribution in [2.24, 2.45) is 0 Å². The Hall–Kier alpha value is 1.30. The van der Waals surface area contributed by atoms with Crippen LogP contribution in [-0.4, -0.2) is 29.1 Å². The summed E-state index contributed by atoms with van der Waals surface area (Å²) in [5.74, 6) is 0. The molecule has 0 bridgehead atoms. The zero-order valence-corrected chi connectivity index (χ0v) is 17.3. The molecule has 1 atom stereocenters. The van der Waals surface area contributed by atoms with Crippen molar-refractivity contribution in [2.45, 2.75) is 77.2 Å². The second kappa shape index (κ2) is 10.1. The fourth-order valence-corrected chi connectivity index (χ4v) is 7.28. The molecule has 1 nitrogen and oxygen atoms in total. The Balaban J connectivity index is 0. The molecule has 0 N–H and O–H groups in total. The summed E-state index contributed by atoms with van der Waals surface area (Å²) >= 11 is 1.82. The molecule has 1 heterocycles. The van der Waals surface area contributed by atoms with E-state index in [0.29, 0.717) is 16.4 Å². The van der Waals surface area contributed by atoms with E-state index >= 15 is 0 Å². The van der Waals surface area contributed by atoms with Crippen molar-refractivity contribution in [3.05, 3.63) is 12.7 Å². The minimum atomic E-state index is -0.368. The molecule has 4 heteroatoms. The zero-order valence-electron chi connectivity index (χ0n) is 13.8. The topological polar surface area (TPSA) is 14.1 Å². The van der Waals surface area contributed by atoms with Crippen LogP contribution in [0.5, 0.6) is 0 Å². The van der Waals surface area contributed by atoms with Crippen LogP contribution in [0.2, 0.25) is 0 Å². The molecule has 0 aliphatic carbocycles. The summed E-state index contributed by atoms with van der Waals surface area (Å²) in [5, 5.41) is 5.81. The van der Waals surface area contributed by atoms with Crippen LogP contribution >= 0.6 is 17.6 Å². The van der Waals surface area contributed by atoms with E-state index in [1.54, 1.807) is 0 Å². The van der Waals surface area contributed by atoms with Gasteiger partial charge in [-0.2, -0.15) is 0 Å². The standard InChI is InChI=1S/C14H29NP.CH3.ClH.Ru/c1-13(2,3)16(14(4,5)6)11-12-9-7-8-10-15-12;;;/h12H,7-11H2,1-6H3;1H3;1H;/q2*-1;;+3. The van der Waals surface area contributed by atoms with Crippen LogP contribution in [0.15, 0.2) is 0 Å². The van der Waals surface area contributed by atoms with E-state index in [-0.39, 0.29) is 15.3 Å². The Kier molecular flexibility index (Phi) is 12.0. The van der Waals surface area contributed by atoms with Crippen molar-refractivity contribution in [1.29, 1.82) is 0 Å². The first-order chi connectivity index (χ1) is 8.21. The van der Waals surface area contributed by atoms with Crippen molar-refractivity contribution in [3.63, 3.8) is 0 Å². The van der Waals surface area contributed by atoms with Gasteiger partial charge in [-0.15, -0.1) is 12.6 Å². The van der Waals surface area contributed by atoms with Crippen molar-refractivity contribution >= 4 is 17.6 Å². The number of piperidine rings is 1. The van der Waals surface area contributed by atoms with Gasteiger partial charge in [-0.3, -0.25) is 0 Å². The molecule has 117 valence electrons. The Morgan fingerprint density at radius 3 is 1.84 bits per heavy atom. The molecule has 0 radical (unpaired) electrons. The van der Waals surface area contributed by atoms with Gasteiger partial charge in [0, 0.05) is 14.1 Å². The van der Waals surface area contributed by atoms with Crippen molar-refractivity contribution in [2.75, 3.05) is 12.7 Å². The third kappa shape index (κ3) is 9.03.